The number of hydrogen-bond acceptors (Lipinski definition) is 2. The Morgan fingerprint density at radius 2 is 2.04 bits per heavy atom. The number of carbonyl (C=O) groups excluding carboxylic acids is 1. The zero-order chi connectivity index (χ0) is 16.6. The van der Waals surface area contributed by atoms with E-state index in [1.165, 1.54) is 24.4 Å². The normalized spacial score (nSPS) is 21.7. The fourth-order valence-electron chi connectivity index (χ4n) is 3.32. The molecule has 2 amide bonds. The summed E-state index contributed by atoms with van der Waals surface area (Å²) in [7, 11) is 0. The Morgan fingerprint density at radius 1 is 1.30 bits per heavy atom. The van der Waals surface area contributed by atoms with E-state index in [1.807, 2.05) is 31.9 Å². The standard InChI is InChI=1S/C18H30N4O/c1-13-10-19-16(22(13)12-14-5-6-14)9-15-7-8-21(11-15)17(23)20-18(2,3)4/h10,14-15H,5-9,11-12H2,1-4H3,(H,20,23). The highest BCUT2D eigenvalue weighted by atomic mass is 16.2. The molecule has 0 spiro atoms. The van der Waals surface area contributed by atoms with Crippen LogP contribution in [-0.4, -0.2) is 39.1 Å². The van der Waals surface area contributed by atoms with E-state index < -0.39 is 0 Å². The first-order valence-electron chi connectivity index (χ1n) is 8.90. The second-order valence-corrected chi connectivity index (χ2v) is 8.35. The molecule has 2 fully saturated rings. The monoisotopic (exact) mass is 318 g/mol. The number of rotatable bonds is 4. The molecule has 2 heterocycles. The van der Waals surface area contributed by atoms with Crippen LogP contribution in [0, 0.1) is 18.8 Å². The summed E-state index contributed by atoms with van der Waals surface area (Å²) in [6.07, 6.45) is 6.78. The van der Waals surface area contributed by atoms with Gasteiger partial charge in [-0.1, -0.05) is 0 Å². The molecule has 128 valence electrons. The van der Waals surface area contributed by atoms with E-state index in [0.29, 0.717) is 5.92 Å². The predicted molar refractivity (Wildman–Crippen MR) is 91.4 cm³/mol. The van der Waals surface area contributed by atoms with Gasteiger partial charge in [0, 0.05) is 43.5 Å². The van der Waals surface area contributed by atoms with Crippen LogP contribution < -0.4 is 5.32 Å². The molecule has 0 radical (unpaired) electrons. The fourth-order valence-corrected chi connectivity index (χ4v) is 3.32. The summed E-state index contributed by atoms with van der Waals surface area (Å²) in [6, 6.07) is 0.0671. The van der Waals surface area contributed by atoms with Crippen LogP contribution in [0.5, 0.6) is 0 Å². The lowest BCUT2D eigenvalue weighted by molar-refractivity contribution is 0.197. The maximum Gasteiger partial charge on any atom is 0.317 e. The number of aryl methyl sites for hydroxylation is 1. The van der Waals surface area contributed by atoms with Crippen molar-refractivity contribution in [1.29, 1.82) is 0 Å². The highest BCUT2D eigenvalue weighted by Gasteiger charge is 2.30. The number of hydrogen-bond donors (Lipinski definition) is 1. The summed E-state index contributed by atoms with van der Waals surface area (Å²) in [6.45, 7) is 11.0. The maximum absolute atomic E-state index is 12.3. The maximum atomic E-state index is 12.3. The third-order valence-electron chi connectivity index (χ3n) is 4.80. The third kappa shape index (κ3) is 4.27. The predicted octanol–water partition coefficient (Wildman–Crippen LogP) is 2.97. The third-order valence-corrected chi connectivity index (χ3v) is 4.80. The van der Waals surface area contributed by atoms with Crippen LogP contribution in [0.4, 0.5) is 4.79 Å². The minimum atomic E-state index is -0.174. The van der Waals surface area contributed by atoms with Gasteiger partial charge in [-0.15, -0.1) is 0 Å². The molecule has 23 heavy (non-hydrogen) atoms. The molecule has 1 N–H and O–H groups in total. The van der Waals surface area contributed by atoms with E-state index in [0.717, 1.165) is 38.4 Å². The molecule has 0 bridgehead atoms. The van der Waals surface area contributed by atoms with Crippen molar-refractivity contribution in [3.8, 4) is 0 Å². The van der Waals surface area contributed by atoms with E-state index in [-0.39, 0.29) is 11.6 Å². The Labute approximate surface area is 139 Å². The summed E-state index contributed by atoms with van der Waals surface area (Å²) in [5, 5.41) is 3.06. The first kappa shape index (κ1) is 16.3. The quantitative estimate of drug-likeness (QED) is 0.928. The first-order valence-corrected chi connectivity index (χ1v) is 8.90. The van der Waals surface area contributed by atoms with Crippen LogP contribution in [0.3, 0.4) is 0 Å². The lowest BCUT2D eigenvalue weighted by Gasteiger charge is -2.25. The minimum Gasteiger partial charge on any atom is -0.333 e. The van der Waals surface area contributed by atoms with Gasteiger partial charge >= 0.3 is 6.03 Å². The summed E-state index contributed by atoms with van der Waals surface area (Å²) in [5.74, 6) is 2.59. The number of nitrogens with one attached hydrogen (secondary N) is 1. The van der Waals surface area contributed by atoms with Gasteiger partial charge in [0.15, 0.2) is 0 Å². The number of imidazole rings is 1. The number of amides is 2. The molecule has 1 aromatic heterocycles. The van der Waals surface area contributed by atoms with Gasteiger partial charge in [-0.2, -0.15) is 0 Å². The van der Waals surface area contributed by atoms with Gasteiger partial charge in [0.1, 0.15) is 5.82 Å². The molecule has 1 aliphatic heterocycles. The highest BCUT2D eigenvalue weighted by Crippen LogP contribution is 2.32. The van der Waals surface area contributed by atoms with Gasteiger partial charge in [-0.25, -0.2) is 9.78 Å². The molecular formula is C18H30N4O. The van der Waals surface area contributed by atoms with Crippen LogP contribution in [0.2, 0.25) is 0 Å². The van der Waals surface area contributed by atoms with Crippen molar-refractivity contribution in [3.05, 3.63) is 17.7 Å². The Hall–Kier alpha value is -1.52. The summed E-state index contributed by atoms with van der Waals surface area (Å²) >= 11 is 0. The van der Waals surface area contributed by atoms with E-state index in [1.54, 1.807) is 0 Å². The summed E-state index contributed by atoms with van der Waals surface area (Å²) < 4.78 is 2.40. The molecule has 1 aromatic rings. The summed E-state index contributed by atoms with van der Waals surface area (Å²) in [4.78, 5) is 18.9. The van der Waals surface area contributed by atoms with Crippen molar-refractivity contribution >= 4 is 6.03 Å². The van der Waals surface area contributed by atoms with E-state index >= 15 is 0 Å². The van der Waals surface area contributed by atoms with Gasteiger partial charge in [0.05, 0.1) is 0 Å². The number of urea groups is 1. The van der Waals surface area contributed by atoms with Crippen molar-refractivity contribution < 1.29 is 4.79 Å². The molecule has 1 saturated heterocycles. The van der Waals surface area contributed by atoms with Crippen molar-refractivity contribution in [1.82, 2.24) is 19.8 Å². The van der Waals surface area contributed by atoms with Gasteiger partial charge in [0.25, 0.3) is 0 Å². The average Bonchev–Trinajstić information content (AvgIpc) is 3.04. The number of aromatic nitrogens is 2. The first-order chi connectivity index (χ1) is 10.8. The molecule has 1 aliphatic carbocycles. The molecule has 1 unspecified atom stereocenters. The van der Waals surface area contributed by atoms with E-state index in [2.05, 4.69) is 21.8 Å². The molecule has 1 atom stereocenters. The second kappa shape index (κ2) is 6.17. The summed E-state index contributed by atoms with van der Waals surface area (Å²) in [5.41, 5.74) is 1.10. The van der Waals surface area contributed by atoms with Gasteiger partial charge in [-0.05, 0) is 58.8 Å². The minimum absolute atomic E-state index is 0.0671. The van der Waals surface area contributed by atoms with Crippen molar-refractivity contribution in [2.75, 3.05) is 13.1 Å². The topological polar surface area (TPSA) is 50.2 Å². The lowest BCUT2D eigenvalue weighted by Crippen LogP contribution is -2.47. The van der Waals surface area contributed by atoms with Crippen molar-refractivity contribution in [2.24, 2.45) is 11.8 Å². The Bertz CT molecular complexity index is 568. The number of carbonyl (C=O) groups is 1. The van der Waals surface area contributed by atoms with E-state index in [9.17, 15) is 4.79 Å². The Morgan fingerprint density at radius 3 is 2.70 bits per heavy atom. The average molecular weight is 318 g/mol. The van der Waals surface area contributed by atoms with Crippen LogP contribution in [0.25, 0.3) is 0 Å². The molecular weight excluding hydrogens is 288 g/mol. The van der Waals surface area contributed by atoms with Gasteiger partial charge < -0.3 is 14.8 Å². The van der Waals surface area contributed by atoms with Crippen molar-refractivity contribution in [2.45, 2.75) is 65.5 Å². The van der Waals surface area contributed by atoms with Gasteiger partial charge in [-0.3, -0.25) is 0 Å². The second-order valence-electron chi connectivity index (χ2n) is 8.35. The molecule has 3 rings (SSSR count). The smallest absolute Gasteiger partial charge is 0.317 e. The number of nitrogens with zero attached hydrogens (tertiary/aromatic N) is 3. The van der Waals surface area contributed by atoms with Gasteiger partial charge in [0.2, 0.25) is 0 Å². The Kier molecular flexibility index (Phi) is 4.39. The zero-order valence-corrected chi connectivity index (χ0v) is 14.9. The molecule has 1 saturated carbocycles. The SMILES string of the molecule is Cc1cnc(CC2CCN(C(=O)NC(C)(C)C)C2)n1CC1CC1. The van der Waals surface area contributed by atoms with E-state index in [4.69, 9.17) is 0 Å². The fraction of sp³-hybridized carbons (Fsp3) is 0.778. The highest BCUT2D eigenvalue weighted by molar-refractivity contribution is 5.75. The zero-order valence-electron chi connectivity index (χ0n) is 14.9. The number of likely N-dealkylation sites (tertiary alicyclic amines) is 1. The molecule has 0 aromatic carbocycles. The molecule has 2 aliphatic rings. The molecule has 5 nitrogen and oxygen atoms in total. The lowest BCUT2D eigenvalue weighted by atomic mass is 10.0. The Balaban J connectivity index is 1.57. The van der Waals surface area contributed by atoms with Crippen LogP contribution in [0.15, 0.2) is 6.20 Å². The van der Waals surface area contributed by atoms with Crippen molar-refractivity contribution in [3.63, 3.8) is 0 Å². The van der Waals surface area contributed by atoms with Crippen LogP contribution in [0.1, 0.15) is 51.6 Å². The van der Waals surface area contributed by atoms with Crippen LogP contribution >= 0.6 is 0 Å². The molecule has 5 heteroatoms. The largest absolute Gasteiger partial charge is 0.333 e. The van der Waals surface area contributed by atoms with Crippen LogP contribution in [-0.2, 0) is 13.0 Å².